The number of esters is 1. The lowest BCUT2D eigenvalue weighted by atomic mass is 10.1. The number of methoxy groups -OCH3 is 1. The van der Waals surface area contributed by atoms with Gasteiger partial charge in [-0.25, -0.2) is 4.79 Å². The fourth-order valence-electron chi connectivity index (χ4n) is 3.98. The van der Waals surface area contributed by atoms with Gasteiger partial charge in [-0.3, -0.25) is 19.3 Å². The lowest BCUT2D eigenvalue weighted by molar-refractivity contribution is -0.137. The summed E-state index contributed by atoms with van der Waals surface area (Å²) in [5, 5.41) is 4.85. The normalized spacial score (nSPS) is 14.5. The number of furan rings is 1. The summed E-state index contributed by atoms with van der Waals surface area (Å²) in [7, 11) is 1.11. The number of hydrogen-bond donors (Lipinski definition) is 2. The first-order chi connectivity index (χ1) is 19.0. The minimum absolute atomic E-state index is 0.0749. The van der Waals surface area contributed by atoms with Crippen LogP contribution in [-0.4, -0.2) is 30.8 Å². The van der Waals surface area contributed by atoms with Crippen LogP contribution in [0.5, 0.6) is 0 Å². The van der Waals surface area contributed by atoms with Gasteiger partial charge in [0.1, 0.15) is 11.5 Å². The van der Waals surface area contributed by atoms with Crippen molar-refractivity contribution in [3.63, 3.8) is 0 Å². The maximum atomic E-state index is 13.3. The van der Waals surface area contributed by atoms with Crippen molar-refractivity contribution >= 4 is 41.1 Å². The summed E-state index contributed by atoms with van der Waals surface area (Å²) in [5.74, 6) is -3.07. The summed E-state index contributed by atoms with van der Waals surface area (Å²) in [4.78, 5) is 51.1. The summed E-state index contributed by atoms with van der Waals surface area (Å²) >= 11 is 0. The van der Waals surface area contributed by atoms with Crippen LogP contribution in [0.4, 0.5) is 24.5 Å². The molecule has 0 saturated carbocycles. The predicted molar refractivity (Wildman–Crippen MR) is 137 cm³/mol. The third kappa shape index (κ3) is 5.96. The van der Waals surface area contributed by atoms with Crippen molar-refractivity contribution in [3.8, 4) is 0 Å². The van der Waals surface area contributed by atoms with Gasteiger partial charge in [0.2, 0.25) is 0 Å². The Labute approximate surface area is 225 Å². The van der Waals surface area contributed by atoms with E-state index in [1.165, 1.54) is 31.2 Å². The molecule has 2 heterocycles. The molecular formula is C28H22F3N3O6. The second-order valence-corrected chi connectivity index (χ2v) is 8.51. The number of alkyl halides is 3. The molecule has 0 atom stereocenters. The summed E-state index contributed by atoms with van der Waals surface area (Å²) in [6, 6.07) is 15.5. The van der Waals surface area contributed by atoms with Gasteiger partial charge >= 0.3 is 24.0 Å². The third-order valence-corrected chi connectivity index (χ3v) is 5.85. The van der Waals surface area contributed by atoms with Crippen LogP contribution >= 0.6 is 0 Å². The average molecular weight is 553 g/mol. The number of nitrogens with zero attached hydrogens (tertiary/aromatic N) is 1. The number of rotatable bonds is 6. The third-order valence-electron chi connectivity index (χ3n) is 5.85. The van der Waals surface area contributed by atoms with Crippen molar-refractivity contribution in [2.24, 2.45) is 0 Å². The van der Waals surface area contributed by atoms with E-state index in [0.717, 1.165) is 30.2 Å². The topological polar surface area (TPSA) is 118 Å². The van der Waals surface area contributed by atoms with Crippen molar-refractivity contribution in [1.82, 2.24) is 5.32 Å². The van der Waals surface area contributed by atoms with Crippen molar-refractivity contribution in [2.75, 3.05) is 17.3 Å². The molecule has 40 heavy (non-hydrogen) atoms. The molecule has 0 unspecified atom stereocenters. The van der Waals surface area contributed by atoms with Gasteiger partial charge in [-0.2, -0.15) is 13.2 Å². The van der Waals surface area contributed by atoms with Crippen molar-refractivity contribution in [3.05, 3.63) is 101 Å². The summed E-state index contributed by atoms with van der Waals surface area (Å²) < 4.78 is 50.2. The molecule has 206 valence electrons. The first-order valence-electron chi connectivity index (χ1n) is 11.8. The molecule has 2 aromatic carbocycles. The monoisotopic (exact) mass is 553 g/mol. The minimum atomic E-state index is -4.64. The van der Waals surface area contributed by atoms with E-state index in [9.17, 15) is 32.3 Å². The fourth-order valence-corrected chi connectivity index (χ4v) is 3.98. The van der Waals surface area contributed by atoms with Crippen molar-refractivity contribution < 1.29 is 41.5 Å². The largest absolute Gasteiger partial charge is 0.465 e. The van der Waals surface area contributed by atoms with Crippen molar-refractivity contribution in [2.45, 2.75) is 19.6 Å². The van der Waals surface area contributed by atoms with E-state index in [1.54, 1.807) is 30.3 Å². The first-order valence-corrected chi connectivity index (χ1v) is 11.8. The highest BCUT2D eigenvalue weighted by molar-refractivity contribution is 6.39. The van der Waals surface area contributed by atoms with Crippen LogP contribution in [0.15, 0.2) is 88.0 Å². The van der Waals surface area contributed by atoms with Crippen LogP contribution in [0.1, 0.15) is 24.0 Å². The molecule has 3 aromatic rings. The predicted octanol–water partition coefficient (Wildman–Crippen LogP) is 4.43. The second kappa shape index (κ2) is 11.3. The molecule has 0 aliphatic carbocycles. The van der Waals surface area contributed by atoms with Crippen LogP contribution in [0, 0.1) is 0 Å². The molecule has 0 radical (unpaired) electrons. The summed E-state index contributed by atoms with van der Waals surface area (Å²) in [5.41, 5.74) is -0.829. The molecule has 2 N–H and O–H groups in total. The van der Waals surface area contributed by atoms with E-state index < -0.39 is 35.4 Å². The van der Waals surface area contributed by atoms with Gasteiger partial charge in [0.25, 0.3) is 5.91 Å². The number of nitrogens with one attached hydrogen (secondary N) is 2. The van der Waals surface area contributed by atoms with Gasteiger partial charge in [0.05, 0.1) is 30.4 Å². The number of carbonyl (C=O) groups excluding carboxylic acids is 4. The molecular weight excluding hydrogens is 531 g/mol. The number of anilines is 2. The van der Waals surface area contributed by atoms with Gasteiger partial charge in [-0.1, -0.05) is 24.3 Å². The Bertz CT molecular complexity index is 1540. The number of halogens is 3. The lowest BCUT2D eigenvalue weighted by Crippen LogP contribution is -2.34. The molecule has 9 nitrogen and oxygen atoms in total. The highest BCUT2D eigenvalue weighted by Crippen LogP contribution is 2.38. The molecule has 3 amide bonds. The standard InChI is InChI=1S/C28H22F3N3O6/c1-16-23(27(38)39-2)22(26(37)34(16)19-10-6-7-17(13-19)28(29,30)31)14-20-11-12-21(40-20)15-32-24(35)25(36)33-18-8-4-3-5-9-18/h3-14H,15H2,1-2H3,(H,32,35)(H,33,36)/b22-14-. The van der Waals surface area contributed by atoms with Crippen LogP contribution < -0.4 is 15.5 Å². The highest BCUT2D eigenvalue weighted by Gasteiger charge is 2.39. The Kier molecular flexibility index (Phi) is 7.89. The number of amides is 3. The zero-order valence-electron chi connectivity index (χ0n) is 21.2. The molecule has 0 bridgehead atoms. The minimum Gasteiger partial charge on any atom is -0.465 e. The Hall–Kier alpha value is -5.13. The SMILES string of the molecule is COC(=O)C1=C(C)N(c2cccc(C(F)(F)F)c2)C(=O)/C1=C\c1ccc(CNC(=O)C(=O)Nc2ccccc2)o1. The molecule has 0 saturated heterocycles. The first kappa shape index (κ1) is 27.9. The van der Waals surface area contributed by atoms with E-state index in [-0.39, 0.29) is 40.6 Å². The number of hydrogen-bond acceptors (Lipinski definition) is 6. The van der Waals surface area contributed by atoms with Crippen LogP contribution in [0.2, 0.25) is 0 Å². The zero-order valence-corrected chi connectivity index (χ0v) is 21.2. The molecule has 4 rings (SSSR count). The number of ether oxygens (including phenoxy) is 1. The number of allylic oxidation sites excluding steroid dienone is 1. The number of carbonyl (C=O) groups is 4. The van der Waals surface area contributed by atoms with Gasteiger partial charge in [-0.15, -0.1) is 0 Å². The quantitative estimate of drug-likeness (QED) is 0.265. The Morgan fingerprint density at radius 1 is 1.00 bits per heavy atom. The Morgan fingerprint density at radius 3 is 2.40 bits per heavy atom. The molecule has 1 aliphatic heterocycles. The smallest absolute Gasteiger partial charge is 0.416 e. The zero-order chi connectivity index (χ0) is 29.0. The van der Waals surface area contributed by atoms with E-state index in [1.807, 2.05) is 0 Å². The molecule has 1 aliphatic rings. The summed E-state index contributed by atoms with van der Waals surface area (Å²) in [6.45, 7) is 1.25. The Balaban J connectivity index is 1.53. The van der Waals surface area contributed by atoms with E-state index >= 15 is 0 Å². The van der Waals surface area contributed by atoms with Gasteiger partial charge in [0.15, 0.2) is 0 Å². The second-order valence-electron chi connectivity index (χ2n) is 8.51. The fraction of sp³-hybridized carbons (Fsp3) is 0.143. The van der Waals surface area contributed by atoms with E-state index in [0.29, 0.717) is 5.69 Å². The number of para-hydroxylation sites is 1. The van der Waals surface area contributed by atoms with Gasteiger partial charge in [0, 0.05) is 17.1 Å². The Morgan fingerprint density at radius 2 is 1.73 bits per heavy atom. The van der Waals surface area contributed by atoms with Gasteiger partial charge < -0.3 is 19.8 Å². The molecule has 0 spiro atoms. The van der Waals surface area contributed by atoms with E-state index in [2.05, 4.69) is 10.6 Å². The number of benzene rings is 2. The maximum absolute atomic E-state index is 13.3. The lowest BCUT2D eigenvalue weighted by Gasteiger charge is -2.19. The summed E-state index contributed by atoms with van der Waals surface area (Å²) in [6.07, 6.45) is -3.39. The van der Waals surface area contributed by atoms with Gasteiger partial charge in [-0.05, 0) is 55.5 Å². The van der Waals surface area contributed by atoms with Crippen LogP contribution in [0.25, 0.3) is 6.08 Å². The maximum Gasteiger partial charge on any atom is 0.416 e. The van der Waals surface area contributed by atoms with Crippen molar-refractivity contribution in [1.29, 1.82) is 0 Å². The van der Waals surface area contributed by atoms with Crippen LogP contribution in [0.3, 0.4) is 0 Å². The molecule has 0 fully saturated rings. The molecule has 1 aromatic heterocycles. The average Bonchev–Trinajstić information content (AvgIpc) is 3.48. The highest BCUT2D eigenvalue weighted by atomic mass is 19.4. The van der Waals surface area contributed by atoms with Crippen LogP contribution in [-0.2, 0) is 36.6 Å². The molecule has 12 heteroatoms. The van der Waals surface area contributed by atoms with E-state index in [4.69, 9.17) is 9.15 Å².